The number of hydrogen-bond donors (Lipinski definition) is 0. The van der Waals surface area contributed by atoms with Gasteiger partial charge >= 0.3 is 0 Å². The van der Waals surface area contributed by atoms with Crippen LogP contribution < -0.4 is 10.7 Å². The third-order valence-corrected chi connectivity index (χ3v) is 3.65. The second kappa shape index (κ2) is 4.89. The van der Waals surface area contributed by atoms with Crippen LogP contribution in [0.2, 0.25) is 0 Å². The molecule has 0 spiro atoms. The van der Waals surface area contributed by atoms with Crippen LogP contribution in [0, 0.1) is 0 Å². The predicted octanol–water partition coefficient (Wildman–Crippen LogP) is -1.00. The van der Waals surface area contributed by atoms with Crippen LogP contribution in [0.3, 0.4) is 0 Å². The number of hydrogen-bond acceptors (Lipinski definition) is 6. The summed E-state index contributed by atoms with van der Waals surface area (Å²) in [5.74, 6) is -1.51. The summed E-state index contributed by atoms with van der Waals surface area (Å²) in [7, 11) is -3.35. The Morgan fingerprint density at radius 3 is 2.25 bits per heavy atom. The molecule has 0 N–H and O–H groups in total. The molecule has 0 unspecified atom stereocenters. The molecule has 7 nitrogen and oxygen atoms in total. The maximum Gasteiger partial charge on any atom is 0.271 e. The summed E-state index contributed by atoms with van der Waals surface area (Å²) in [6, 6.07) is 7.43. The molecule has 0 aliphatic rings. The lowest BCUT2D eigenvalue weighted by Gasteiger charge is -2.07. The van der Waals surface area contributed by atoms with E-state index >= 15 is 0 Å². The second-order valence-electron chi connectivity index (χ2n) is 4.02. The molecule has 1 aromatic heterocycles. The fraction of sp³-hybridized carbons (Fsp3) is 0.0833. The minimum absolute atomic E-state index is 0.0883. The van der Waals surface area contributed by atoms with Crippen LogP contribution >= 0.6 is 0 Å². The Balaban J connectivity index is 2.54. The number of carbonyl (C=O) groups is 1. The minimum Gasteiger partial charge on any atom is -0.543 e. The average molecular weight is 293 g/mol. The highest BCUT2D eigenvalue weighted by molar-refractivity contribution is 7.90. The van der Waals surface area contributed by atoms with Crippen LogP contribution in [-0.2, 0) is 9.84 Å². The Bertz CT molecular complexity index is 822. The van der Waals surface area contributed by atoms with E-state index in [1.807, 2.05) is 0 Å². The topological polar surface area (TPSA) is 109 Å². The Kier molecular flexibility index (Phi) is 3.41. The third-order valence-electron chi connectivity index (χ3n) is 2.52. The molecular formula is C12H9N2O5S-. The molecule has 0 amide bonds. The SMILES string of the molecule is CS(=O)(=O)c1ccc(-n2nc(C(=O)[O-])ccc2=O)cc1. The summed E-state index contributed by atoms with van der Waals surface area (Å²) >= 11 is 0. The molecule has 2 aromatic rings. The van der Waals surface area contributed by atoms with Gasteiger partial charge in [0.25, 0.3) is 5.56 Å². The third kappa shape index (κ3) is 2.75. The second-order valence-corrected chi connectivity index (χ2v) is 6.04. The van der Waals surface area contributed by atoms with Crippen molar-refractivity contribution in [3.63, 3.8) is 0 Å². The van der Waals surface area contributed by atoms with Crippen LogP contribution in [0.1, 0.15) is 10.5 Å². The van der Waals surface area contributed by atoms with Crippen LogP contribution in [-0.4, -0.2) is 30.4 Å². The Hall–Kier alpha value is -2.48. The average Bonchev–Trinajstić information content (AvgIpc) is 2.38. The maximum absolute atomic E-state index is 11.6. The van der Waals surface area contributed by atoms with E-state index in [1.54, 1.807) is 0 Å². The van der Waals surface area contributed by atoms with Crippen molar-refractivity contribution in [2.45, 2.75) is 4.90 Å². The van der Waals surface area contributed by atoms with Crippen molar-refractivity contribution in [1.82, 2.24) is 9.78 Å². The molecule has 0 aliphatic carbocycles. The number of aromatic carboxylic acids is 1. The number of aromatic nitrogens is 2. The summed E-state index contributed by atoms with van der Waals surface area (Å²) in [5.41, 5.74) is -0.676. The maximum atomic E-state index is 11.6. The molecular weight excluding hydrogens is 284 g/mol. The van der Waals surface area contributed by atoms with Gasteiger partial charge in [-0.05, 0) is 30.3 Å². The van der Waals surface area contributed by atoms with Gasteiger partial charge in [0.1, 0.15) is 5.69 Å². The highest BCUT2D eigenvalue weighted by Gasteiger charge is 2.08. The molecule has 0 saturated carbocycles. The minimum atomic E-state index is -3.35. The van der Waals surface area contributed by atoms with Gasteiger partial charge < -0.3 is 9.90 Å². The van der Waals surface area contributed by atoms with Crippen molar-refractivity contribution < 1.29 is 18.3 Å². The van der Waals surface area contributed by atoms with Crippen molar-refractivity contribution >= 4 is 15.8 Å². The molecule has 2 rings (SSSR count). The Labute approximate surface area is 114 Å². The van der Waals surface area contributed by atoms with Gasteiger partial charge in [0.05, 0.1) is 16.6 Å². The van der Waals surface area contributed by atoms with E-state index in [9.17, 15) is 23.1 Å². The van der Waals surface area contributed by atoms with Gasteiger partial charge in [0.15, 0.2) is 9.84 Å². The summed E-state index contributed by atoms with van der Waals surface area (Å²) < 4.78 is 23.5. The molecule has 0 fully saturated rings. The van der Waals surface area contributed by atoms with Crippen LogP contribution in [0.4, 0.5) is 0 Å². The molecule has 0 radical (unpaired) electrons. The van der Waals surface area contributed by atoms with E-state index in [1.165, 1.54) is 24.3 Å². The zero-order chi connectivity index (χ0) is 14.9. The number of carboxylic acid groups (broad SMARTS) is 1. The van der Waals surface area contributed by atoms with Gasteiger partial charge in [-0.3, -0.25) is 4.79 Å². The van der Waals surface area contributed by atoms with E-state index < -0.39 is 27.1 Å². The van der Waals surface area contributed by atoms with Gasteiger partial charge in [-0.15, -0.1) is 0 Å². The van der Waals surface area contributed by atoms with E-state index in [2.05, 4.69) is 5.10 Å². The number of rotatable bonds is 3. The number of carbonyl (C=O) groups excluding carboxylic acids is 1. The molecule has 104 valence electrons. The summed E-state index contributed by atoms with van der Waals surface area (Å²) in [4.78, 5) is 22.4. The molecule has 20 heavy (non-hydrogen) atoms. The highest BCUT2D eigenvalue weighted by atomic mass is 32.2. The number of sulfone groups is 1. The summed E-state index contributed by atoms with van der Waals surface area (Å²) in [6.07, 6.45) is 1.06. The Morgan fingerprint density at radius 1 is 1.15 bits per heavy atom. The van der Waals surface area contributed by atoms with Crippen LogP contribution in [0.15, 0.2) is 46.1 Å². The standard InChI is InChI=1S/C12H10N2O5S/c1-20(18,19)9-4-2-8(3-5-9)14-11(15)7-6-10(13-14)12(16)17/h2-7H,1H3,(H,16,17)/p-1. The lowest BCUT2D eigenvalue weighted by Crippen LogP contribution is -2.29. The smallest absolute Gasteiger partial charge is 0.271 e. The van der Waals surface area contributed by atoms with Gasteiger partial charge in [0.2, 0.25) is 0 Å². The van der Waals surface area contributed by atoms with Gasteiger partial charge in [-0.25, -0.2) is 8.42 Å². The van der Waals surface area contributed by atoms with Crippen molar-refractivity contribution in [1.29, 1.82) is 0 Å². The highest BCUT2D eigenvalue weighted by Crippen LogP contribution is 2.11. The number of benzene rings is 1. The van der Waals surface area contributed by atoms with E-state index in [0.717, 1.165) is 23.1 Å². The molecule has 1 aromatic carbocycles. The van der Waals surface area contributed by atoms with E-state index in [-0.39, 0.29) is 10.6 Å². The molecule has 0 bridgehead atoms. The fourth-order valence-electron chi connectivity index (χ4n) is 1.54. The first-order chi connectivity index (χ1) is 9.29. The molecule has 0 aliphatic heterocycles. The van der Waals surface area contributed by atoms with Gasteiger partial charge in [-0.2, -0.15) is 9.78 Å². The van der Waals surface area contributed by atoms with Crippen LogP contribution in [0.25, 0.3) is 5.69 Å². The number of nitrogens with zero attached hydrogens (tertiary/aromatic N) is 2. The van der Waals surface area contributed by atoms with Gasteiger partial charge in [-0.1, -0.05) is 0 Å². The molecule has 0 atom stereocenters. The van der Waals surface area contributed by atoms with Crippen molar-refractivity contribution in [2.75, 3.05) is 6.26 Å². The molecule has 1 heterocycles. The largest absolute Gasteiger partial charge is 0.543 e. The molecule has 8 heteroatoms. The Morgan fingerprint density at radius 2 is 1.75 bits per heavy atom. The quantitative estimate of drug-likeness (QED) is 0.718. The van der Waals surface area contributed by atoms with Crippen molar-refractivity contribution in [3.8, 4) is 5.69 Å². The first-order valence-corrected chi connectivity index (χ1v) is 7.30. The monoisotopic (exact) mass is 293 g/mol. The van der Waals surface area contributed by atoms with Crippen molar-refractivity contribution in [3.05, 3.63) is 52.4 Å². The van der Waals surface area contributed by atoms with Crippen molar-refractivity contribution in [2.24, 2.45) is 0 Å². The summed E-state index contributed by atoms with van der Waals surface area (Å²) in [6.45, 7) is 0. The molecule has 0 saturated heterocycles. The van der Waals surface area contributed by atoms with E-state index in [4.69, 9.17) is 0 Å². The lowest BCUT2D eigenvalue weighted by molar-refractivity contribution is -0.255. The normalized spacial score (nSPS) is 11.2. The number of carboxylic acids is 1. The van der Waals surface area contributed by atoms with Gasteiger partial charge in [0, 0.05) is 12.3 Å². The zero-order valence-electron chi connectivity index (χ0n) is 10.3. The first kappa shape index (κ1) is 13.9. The van der Waals surface area contributed by atoms with Crippen LogP contribution in [0.5, 0.6) is 0 Å². The first-order valence-electron chi connectivity index (χ1n) is 5.41. The lowest BCUT2D eigenvalue weighted by atomic mass is 10.3. The summed E-state index contributed by atoms with van der Waals surface area (Å²) in [5, 5.41) is 14.3. The van der Waals surface area contributed by atoms with E-state index in [0.29, 0.717) is 0 Å². The predicted molar refractivity (Wildman–Crippen MR) is 67.3 cm³/mol. The fourth-order valence-corrected chi connectivity index (χ4v) is 2.17. The zero-order valence-corrected chi connectivity index (χ0v) is 11.1.